The van der Waals surface area contributed by atoms with E-state index in [0.717, 1.165) is 11.4 Å². The van der Waals surface area contributed by atoms with Crippen LogP contribution in [0.5, 0.6) is 0 Å². The minimum absolute atomic E-state index is 0.0380. The predicted molar refractivity (Wildman–Crippen MR) is 116 cm³/mol. The van der Waals surface area contributed by atoms with Gasteiger partial charge < -0.3 is 0 Å². The maximum Gasteiger partial charge on any atom is 0.273 e. The van der Waals surface area contributed by atoms with E-state index in [2.05, 4.69) is 66.7 Å². The maximum absolute atomic E-state index is 13.4. The number of carbonyl (C=O) groups excluding carboxylic acids is 2. The summed E-state index contributed by atoms with van der Waals surface area (Å²) in [4.78, 5) is 28.9. The summed E-state index contributed by atoms with van der Waals surface area (Å²) in [5.74, 6) is 1.01. The van der Waals surface area contributed by atoms with Gasteiger partial charge in [0, 0.05) is 17.2 Å². The lowest BCUT2D eigenvalue weighted by Gasteiger charge is -2.28. The van der Waals surface area contributed by atoms with Gasteiger partial charge in [0.25, 0.3) is 5.84 Å². The van der Waals surface area contributed by atoms with E-state index >= 15 is 0 Å². The second kappa shape index (κ2) is 7.43. The van der Waals surface area contributed by atoms with Gasteiger partial charge in [-0.15, -0.1) is 0 Å². The Bertz CT molecular complexity index is 1030. The Balaban J connectivity index is 1.82. The quantitative estimate of drug-likeness (QED) is 0.745. The average molecular weight is 388 g/mol. The monoisotopic (exact) mass is 387 g/mol. The molecule has 0 bridgehead atoms. The lowest BCUT2D eigenvalue weighted by atomic mass is 9.82. The highest BCUT2D eigenvalue weighted by Crippen LogP contribution is 2.32. The number of hydrogen-bond acceptors (Lipinski definition) is 3. The molecule has 2 atom stereocenters. The first-order valence-corrected chi connectivity index (χ1v) is 10.3. The van der Waals surface area contributed by atoms with Crippen molar-refractivity contribution in [1.29, 1.82) is 0 Å². The molecule has 0 aromatic heterocycles. The summed E-state index contributed by atoms with van der Waals surface area (Å²) in [6, 6.07) is 14.7. The third-order valence-electron chi connectivity index (χ3n) is 5.89. The number of fused-ring (bicyclic) bond motifs is 2. The number of nitrogens with zero attached hydrogens (tertiary/aromatic N) is 2. The summed E-state index contributed by atoms with van der Waals surface area (Å²) in [6.07, 6.45) is 4.12. The minimum atomic E-state index is -0.477. The van der Waals surface area contributed by atoms with E-state index < -0.39 is 12.1 Å². The van der Waals surface area contributed by atoms with Gasteiger partial charge in [-0.25, -0.2) is 9.48 Å². The van der Waals surface area contributed by atoms with Crippen molar-refractivity contribution in [2.75, 3.05) is 6.54 Å². The average Bonchev–Trinajstić information content (AvgIpc) is 3.06. The van der Waals surface area contributed by atoms with Gasteiger partial charge in [0.05, 0.1) is 12.6 Å². The number of benzene rings is 2. The molecule has 4 rings (SSSR count). The first-order valence-electron chi connectivity index (χ1n) is 10.3. The van der Waals surface area contributed by atoms with Crippen LogP contribution in [0.15, 0.2) is 54.6 Å². The Morgan fingerprint density at radius 3 is 2.17 bits per heavy atom. The van der Waals surface area contributed by atoms with Crippen LogP contribution in [-0.2, 0) is 0 Å². The molecule has 0 radical (unpaired) electrons. The number of Topliss-reactive ketones (excluding diaryl/α,β-unsaturated/α-hetero) is 2. The van der Waals surface area contributed by atoms with Crippen molar-refractivity contribution in [3.8, 4) is 0 Å². The van der Waals surface area contributed by atoms with Crippen molar-refractivity contribution in [3.05, 3.63) is 76.9 Å². The summed E-state index contributed by atoms with van der Waals surface area (Å²) < 4.78 is 2.09. The third-order valence-corrected chi connectivity index (χ3v) is 5.89. The van der Waals surface area contributed by atoms with Gasteiger partial charge in [0.1, 0.15) is 0 Å². The number of amidine groups is 1. The highest BCUT2D eigenvalue weighted by Gasteiger charge is 2.58. The number of rotatable bonds is 4. The Kier molecular flexibility index (Phi) is 4.95. The minimum Gasteiger partial charge on any atom is -0.289 e. The fraction of sp³-hybridized carbons (Fsp3) is 0.320. The van der Waals surface area contributed by atoms with E-state index in [1.54, 1.807) is 12.1 Å². The number of likely N-dealkylation sites (N-methyl/N-ethyl adjacent to an activating group) is 1. The normalized spacial score (nSPS) is 21.3. The number of aryl methyl sites for hydroxylation is 1. The van der Waals surface area contributed by atoms with Crippen LogP contribution in [0, 0.1) is 6.92 Å². The van der Waals surface area contributed by atoms with E-state index in [1.165, 1.54) is 5.56 Å². The largest absolute Gasteiger partial charge is 0.289 e. The molecule has 4 heteroatoms. The summed E-state index contributed by atoms with van der Waals surface area (Å²) in [6.45, 7) is 8.93. The summed E-state index contributed by atoms with van der Waals surface area (Å²) >= 11 is 0. The topological polar surface area (TPSA) is 40.4 Å². The molecule has 0 fully saturated rings. The van der Waals surface area contributed by atoms with Gasteiger partial charge in [-0.1, -0.05) is 54.1 Å². The molecule has 0 N–H and O–H groups in total. The lowest BCUT2D eigenvalue weighted by Crippen LogP contribution is -2.54. The van der Waals surface area contributed by atoms with Crippen molar-refractivity contribution in [2.45, 2.75) is 45.8 Å². The molecular weight excluding hydrogens is 360 g/mol. The second-order valence-electron chi connectivity index (χ2n) is 8.05. The smallest absolute Gasteiger partial charge is 0.273 e. The van der Waals surface area contributed by atoms with Crippen LogP contribution < -0.4 is 0 Å². The van der Waals surface area contributed by atoms with E-state index in [9.17, 15) is 9.59 Å². The molecule has 2 unspecified atom stereocenters. The van der Waals surface area contributed by atoms with E-state index in [1.807, 2.05) is 19.1 Å². The van der Waals surface area contributed by atoms with E-state index in [4.69, 9.17) is 0 Å². The molecule has 1 aliphatic carbocycles. The molecule has 1 heterocycles. The van der Waals surface area contributed by atoms with Crippen LogP contribution in [0.3, 0.4) is 0 Å². The Hall–Kier alpha value is -3.01. The zero-order valence-electron chi connectivity index (χ0n) is 17.4. The van der Waals surface area contributed by atoms with Crippen molar-refractivity contribution in [2.24, 2.45) is 0 Å². The van der Waals surface area contributed by atoms with Crippen LogP contribution in [0.1, 0.15) is 52.6 Å². The Labute approximate surface area is 172 Å². The summed E-state index contributed by atoms with van der Waals surface area (Å²) in [5, 5.41) is 0. The van der Waals surface area contributed by atoms with Crippen LogP contribution in [0.4, 0.5) is 0 Å². The second-order valence-corrected chi connectivity index (χ2v) is 8.05. The van der Waals surface area contributed by atoms with Crippen molar-refractivity contribution in [1.82, 2.24) is 4.90 Å². The van der Waals surface area contributed by atoms with Crippen molar-refractivity contribution < 1.29 is 14.2 Å². The Morgan fingerprint density at radius 1 is 0.966 bits per heavy atom. The molecule has 1 aliphatic heterocycles. The number of carbonyl (C=O) groups is 2. The molecule has 0 spiro atoms. The standard InChI is InChI=1S/C25H27N2O2/c1-5-26-21(15-14-18-12-10-17(4)11-13-18)27(16(2)3)23-22(26)24(28)19-8-6-7-9-20(19)25(23)29/h6-16,22-23H,5H2,1-4H3/q+1/b15-14+. The maximum atomic E-state index is 13.4. The first kappa shape index (κ1) is 19.3. The zero-order chi connectivity index (χ0) is 20.7. The first-order chi connectivity index (χ1) is 13.9. The number of hydrogen-bond donors (Lipinski definition) is 0. The van der Waals surface area contributed by atoms with Crippen LogP contribution >= 0.6 is 0 Å². The van der Waals surface area contributed by atoms with Gasteiger partial charge in [0.2, 0.25) is 23.7 Å². The molecular formula is C25H27N2O2+. The van der Waals surface area contributed by atoms with Gasteiger partial charge in [-0.3, -0.25) is 9.59 Å². The SMILES string of the molecule is CC[N+]1=C(/C=C/c2ccc(C)cc2)N(C(C)C)C2C(=O)c3ccccc3C(=O)C21. The zero-order valence-corrected chi connectivity index (χ0v) is 17.4. The number of ketones is 2. The summed E-state index contributed by atoms with van der Waals surface area (Å²) in [7, 11) is 0. The fourth-order valence-corrected chi connectivity index (χ4v) is 4.52. The van der Waals surface area contributed by atoms with Crippen molar-refractivity contribution in [3.63, 3.8) is 0 Å². The highest BCUT2D eigenvalue weighted by molar-refractivity contribution is 6.20. The third kappa shape index (κ3) is 3.13. The molecule has 148 valence electrons. The summed E-state index contributed by atoms with van der Waals surface area (Å²) in [5.41, 5.74) is 3.40. The molecule has 0 saturated heterocycles. The van der Waals surface area contributed by atoms with Gasteiger partial charge in [0.15, 0.2) is 0 Å². The molecule has 0 amide bonds. The highest BCUT2D eigenvalue weighted by atomic mass is 16.1. The molecule has 29 heavy (non-hydrogen) atoms. The van der Waals surface area contributed by atoms with Crippen LogP contribution in [0.25, 0.3) is 6.08 Å². The van der Waals surface area contributed by atoms with Crippen LogP contribution in [0.2, 0.25) is 0 Å². The molecule has 2 aromatic rings. The molecule has 0 saturated carbocycles. The molecule has 2 aliphatic rings. The lowest BCUT2D eigenvalue weighted by molar-refractivity contribution is -0.538. The fourth-order valence-electron chi connectivity index (χ4n) is 4.52. The van der Waals surface area contributed by atoms with Crippen molar-refractivity contribution >= 4 is 23.5 Å². The van der Waals surface area contributed by atoms with Crippen LogP contribution in [-0.4, -0.2) is 51.5 Å². The van der Waals surface area contributed by atoms with Gasteiger partial charge in [-0.05, 0) is 39.3 Å². The van der Waals surface area contributed by atoms with Gasteiger partial charge >= 0.3 is 0 Å². The predicted octanol–water partition coefficient (Wildman–Crippen LogP) is 3.98. The molecule has 2 aromatic carbocycles. The van der Waals surface area contributed by atoms with Gasteiger partial charge in [-0.2, -0.15) is 0 Å². The van der Waals surface area contributed by atoms with E-state index in [0.29, 0.717) is 17.7 Å². The molecule has 4 nitrogen and oxygen atoms in total. The van der Waals surface area contributed by atoms with E-state index in [-0.39, 0.29) is 17.6 Å². The Morgan fingerprint density at radius 2 is 1.59 bits per heavy atom.